The zero-order chi connectivity index (χ0) is 13.5. The first-order valence-electron chi connectivity index (χ1n) is 6.39. The molecule has 0 heterocycles. The van der Waals surface area contributed by atoms with Gasteiger partial charge in [-0.25, -0.2) is 0 Å². The monoisotopic (exact) mass is 245 g/mol. The third-order valence-electron chi connectivity index (χ3n) is 3.52. The molecule has 0 aromatic rings. The maximum Gasteiger partial charge on any atom is 0.307 e. The van der Waals surface area contributed by atoms with E-state index < -0.39 is 0 Å². The average molecular weight is 245 g/mol. The highest BCUT2D eigenvalue weighted by atomic mass is 16.5. The van der Waals surface area contributed by atoms with E-state index in [2.05, 4.69) is 25.7 Å². The van der Waals surface area contributed by atoms with Crippen molar-refractivity contribution in [2.45, 2.75) is 52.7 Å². The highest BCUT2D eigenvalue weighted by Crippen LogP contribution is 2.26. The van der Waals surface area contributed by atoms with Gasteiger partial charge in [-0.1, -0.05) is 13.8 Å². The van der Waals surface area contributed by atoms with Crippen LogP contribution in [0, 0.1) is 0 Å². The zero-order valence-corrected chi connectivity index (χ0v) is 12.1. The Labute approximate surface area is 105 Å². The molecule has 0 N–H and O–H groups in total. The van der Waals surface area contributed by atoms with E-state index in [0.717, 1.165) is 13.1 Å². The Bertz CT molecular complexity index is 229. The molecule has 4 heteroatoms. The van der Waals surface area contributed by atoms with E-state index in [1.54, 1.807) is 7.11 Å². The number of methoxy groups -OCH3 is 1. The highest BCUT2D eigenvalue weighted by Gasteiger charge is 2.38. The molecule has 0 saturated heterocycles. The van der Waals surface area contributed by atoms with Gasteiger partial charge in [-0.15, -0.1) is 0 Å². The minimum atomic E-state index is -0.315. The van der Waals surface area contributed by atoms with Gasteiger partial charge >= 0.3 is 5.97 Å². The lowest BCUT2D eigenvalue weighted by Gasteiger charge is -2.43. The molecule has 0 bridgehead atoms. The Morgan fingerprint density at radius 2 is 1.82 bits per heavy atom. The predicted octanol–water partition coefficient (Wildman–Crippen LogP) is 2.08. The number of rotatable bonds is 8. The molecule has 0 aromatic carbocycles. The van der Waals surface area contributed by atoms with Crippen LogP contribution in [0.5, 0.6) is 0 Å². The summed E-state index contributed by atoms with van der Waals surface area (Å²) in [7, 11) is 1.68. The minimum absolute atomic E-state index is 0.0215. The summed E-state index contributed by atoms with van der Waals surface area (Å²) in [6.45, 7) is 12.3. The number of hydrogen-bond donors (Lipinski definition) is 0. The summed E-state index contributed by atoms with van der Waals surface area (Å²) >= 11 is 0. The second-order valence-corrected chi connectivity index (χ2v) is 4.39. The van der Waals surface area contributed by atoms with Crippen LogP contribution < -0.4 is 0 Å². The van der Waals surface area contributed by atoms with Gasteiger partial charge in [0.2, 0.25) is 0 Å². The standard InChI is InChI=1S/C13H27NO3/c1-7-14(8-2)13(5,11(4)16-6)10-12(15)17-9-3/h11H,7-10H2,1-6H3. The topological polar surface area (TPSA) is 38.8 Å². The molecule has 4 nitrogen and oxygen atoms in total. The van der Waals surface area contributed by atoms with Crippen LogP contribution in [0.4, 0.5) is 0 Å². The van der Waals surface area contributed by atoms with Crippen molar-refractivity contribution in [2.24, 2.45) is 0 Å². The van der Waals surface area contributed by atoms with Gasteiger partial charge in [-0.3, -0.25) is 9.69 Å². The molecule has 2 atom stereocenters. The highest BCUT2D eigenvalue weighted by molar-refractivity contribution is 5.71. The van der Waals surface area contributed by atoms with E-state index in [-0.39, 0.29) is 17.6 Å². The SMILES string of the molecule is CCOC(=O)CC(C)(C(C)OC)N(CC)CC. The molecule has 0 aliphatic carbocycles. The maximum atomic E-state index is 11.7. The van der Waals surface area contributed by atoms with Crippen LogP contribution in [-0.2, 0) is 14.3 Å². The normalized spacial score (nSPS) is 16.6. The van der Waals surface area contributed by atoms with Crippen LogP contribution in [0.25, 0.3) is 0 Å². The third kappa shape index (κ3) is 4.28. The van der Waals surface area contributed by atoms with Gasteiger partial charge < -0.3 is 9.47 Å². The molecule has 0 aliphatic rings. The second kappa shape index (κ2) is 7.67. The quantitative estimate of drug-likeness (QED) is 0.614. The number of nitrogens with zero attached hydrogens (tertiary/aromatic N) is 1. The molecular weight excluding hydrogens is 218 g/mol. The van der Waals surface area contributed by atoms with Crippen molar-refractivity contribution in [3.8, 4) is 0 Å². The summed E-state index contributed by atoms with van der Waals surface area (Å²) < 4.78 is 10.5. The van der Waals surface area contributed by atoms with E-state index in [1.807, 2.05) is 13.8 Å². The molecule has 17 heavy (non-hydrogen) atoms. The Kier molecular flexibility index (Phi) is 7.39. The first-order chi connectivity index (χ1) is 7.96. The second-order valence-electron chi connectivity index (χ2n) is 4.39. The fourth-order valence-corrected chi connectivity index (χ4v) is 2.22. The summed E-state index contributed by atoms with van der Waals surface area (Å²) in [5, 5.41) is 0. The summed E-state index contributed by atoms with van der Waals surface area (Å²) in [6.07, 6.45) is 0.337. The fourth-order valence-electron chi connectivity index (χ4n) is 2.22. The average Bonchev–Trinajstić information content (AvgIpc) is 2.29. The number of ether oxygens (including phenoxy) is 2. The van der Waals surface area contributed by atoms with Gasteiger partial charge in [0.15, 0.2) is 0 Å². The largest absolute Gasteiger partial charge is 0.466 e. The van der Waals surface area contributed by atoms with Crippen LogP contribution >= 0.6 is 0 Å². The molecule has 0 aromatic heterocycles. The number of hydrogen-bond acceptors (Lipinski definition) is 4. The first-order valence-corrected chi connectivity index (χ1v) is 6.39. The Morgan fingerprint density at radius 3 is 2.18 bits per heavy atom. The van der Waals surface area contributed by atoms with Crippen molar-refractivity contribution in [1.29, 1.82) is 0 Å². The molecule has 2 unspecified atom stereocenters. The lowest BCUT2D eigenvalue weighted by molar-refractivity contribution is -0.149. The number of likely N-dealkylation sites (N-methyl/N-ethyl adjacent to an activating group) is 1. The van der Waals surface area contributed by atoms with Crippen LogP contribution in [0.3, 0.4) is 0 Å². The van der Waals surface area contributed by atoms with Crippen molar-refractivity contribution in [3.05, 3.63) is 0 Å². The van der Waals surface area contributed by atoms with Gasteiger partial charge in [-0.05, 0) is 33.9 Å². The maximum absolute atomic E-state index is 11.7. The molecular formula is C13H27NO3. The van der Waals surface area contributed by atoms with E-state index in [9.17, 15) is 4.79 Å². The van der Waals surface area contributed by atoms with Gasteiger partial charge in [-0.2, -0.15) is 0 Å². The first kappa shape index (κ1) is 16.4. The smallest absolute Gasteiger partial charge is 0.307 e. The molecule has 0 fully saturated rings. The lowest BCUT2D eigenvalue weighted by atomic mass is 9.89. The lowest BCUT2D eigenvalue weighted by Crippen LogP contribution is -2.55. The molecule has 0 aliphatic heterocycles. The van der Waals surface area contributed by atoms with E-state index in [1.165, 1.54) is 0 Å². The zero-order valence-electron chi connectivity index (χ0n) is 12.1. The fraction of sp³-hybridized carbons (Fsp3) is 0.923. The van der Waals surface area contributed by atoms with Crippen LogP contribution in [-0.4, -0.2) is 49.3 Å². The molecule has 0 saturated carbocycles. The van der Waals surface area contributed by atoms with Crippen LogP contribution in [0.1, 0.15) is 41.0 Å². The molecule has 0 rings (SSSR count). The third-order valence-corrected chi connectivity index (χ3v) is 3.52. The van der Waals surface area contributed by atoms with Gasteiger partial charge in [0, 0.05) is 7.11 Å². The minimum Gasteiger partial charge on any atom is -0.466 e. The molecule has 0 amide bonds. The van der Waals surface area contributed by atoms with Gasteiger partial charge in [0.25, 0.3) is 0 Å². The van der Waals surface area contributed by atoms with Crippen LogP contribution in [0.15, 0.2) is 0 Å². The summed E-state index contributed by atoms with van der Waals surface area (Å²) in [5.74, 6) is -0.161. The van der Waals surface area contributed by atoms with E-state index in [4.69, 9.17) is 9.47 Å². The summed E-state index contributed by atoms with van der Waals surface area (Å²) in [6, 6.07) is 0. The molecule has 102 valence electrons. The number of carbonyl (C=O) groups is 1. The Hall–Kier alpha value is -0.610. The Balaban J connectivity index is 4.89. The number of carbonyl (C=O) groups excluding carboxylic acids is 1. The summed E-state index contributed by atoms with van der Waals surface area (Å²) in [4.78, 5) is 14.0. The number of esters is 1. The molecule has 0 radical (unpaired) electrons. The Morgan fingerprint density at radius 1 is 1.29 bits per heavy atom. The van der Waals surface area contributed by atoms with E-state index >= 15 is 0 Å². The van der Waals surface area contributed by atoms with Crippen molar-refractivity contribution >= 4 is 5.97 Å². The van der Waals surface area contributed by atoms with Gasteiger partial charge in [0.1, 0.15) is 0 Å². The van der Waals surface area contributed by atoms with Crippen LogP contribution in [0.2, 0.25) is 0 Å². The van der Waals surface area contributed by atoms with E-state index in [0.29, 0.717) is 13.0 Å². The predicted molar refractivity (Wildman–Crippen MR) is 69.0 cm³/mol. The molecule has 0 spiro atoms. The van der Waals surface area contributed by atoms with Crippen molar-refractivity contribution in [2.75, 3.05) is 26.8 Å². The van der Waals surface area contributed by atoms with Crippen molar-refractivity contribution in [3.63, 3.8) is 0 Å². The van der Waals surface area contributed by atoms with Crippen molar-refractivity contribution < 1.29 is 14.3 Å². The van der Waals surface area contributed by atoms with Gasteiger partial charge in [0.05, 0.1) is 24.7 Å². The van der Waals surface area contributed by atoms with Crippen molar-refractivity contribution in [1.82, 2.24) is 4.90 Å². The summed E-state index contributed by atoms with van der Waals surface area (Å²) in [5.41, 5.74) is -0.315.